The third kappa shape index (κ3) is 5.45. The third-order valence-corrected chi connectivity index (χ3v) is 6.40. The molecular weight excluding hydrogens is 439 g/mol. The van der Waals surface area contributed by atoms with Gasteiger partial charge < -0.3 is 4.90 Å². The summed E-state index contributed by atoms with van der Waals surface area (Å²) in [5.74, 6) is -0.0183. The van der Waals surface area contributed by atoms with Gasteiger partial charge >= 0.3 is 0 Å². The van der Waals surface area contributed by atoms with E-state index in [1.807, 2.05) is 49.3 Å². The van der Waals surface area contributed by atoms with Gasteiger partial charge in [0.25, 0.3) is 0 Å². The molecule has 0 bridgehead atoms. The minimum Gasteiger partial charge on any atom is -0.378 e. The molecule has 5 nitrogen and oxygen atoms in total. The quantitative estimate of drug-likeness (QED) is 0.327. The maximum atomic E-state index is 12.9. The lowest BCUT2D eigenvalue weighted by molar-refractivity contribution is -0.125. The number of anilines is 1. The molecule has 0 unspecified atom stereocenters. The molecule has 0 N–H and O–H groups in total. The zero-order valence-electron chi connectivity index (χ0n) is 16.8. The Hall–Kier alpha value is -2.28. The third-order valence-electron chi connectivity index (χ3n) is 4.50. The van der Waals surface area contributed by atoms with E-state index in [9.17, 15) is 4.79 Å². The van der Waals surface area contributed by atoms with Crippen LogP contribution in [-0.4, -0.2) is 48.1 Å². The van der Waals surface area contributed by atoms with Crippen LogP contribution in [0.3, 0.4) is 0 Å². The maximum Gasteiger partial charge on any atom is 0.242 e. The van der Waals surface area contributed by atoms with Gasteiger partial charge in [-0.2, -0.15) is 5.10 Å². The van der Waals surface area contributed by atoms with E-state index < -0.39 is 0 Å². The van der Waals surface area contributed by atoms with Crippen LogP contribution in [0.2, 0.25) is 10.0 Å². The molecule has 2 aromatic rings. The second-order valence-corrected chi connectivity index (χ2v) is 8.89. The van der Waals surface area contributed by atoms with Gasteiger partial charge in [0.05, 0.1) is 21.5 Å². The molecule has 0 aliphatic carbocycles. The molecule has 0 spiro atoms. The van der Waals surface area contributed by atoms with E-state index in [1.165, 1.54) is 11.8 Å². The molecule has 30 heavy (non-hydrogen) atoms. The van der Waals surface area contributed by atoms with Gasteiger partial charge in [0, 0.05) is 26.3 Å². The highest BCUT2D eigenvalue weighted by Crippen LogP contribution is 2.31. The Balaban J connectivity index is 1.74. The number of amidine groups is 1. The second kappa shape index (κ2) is 10.2. The van der Waals surface area contributed by atoms with E-state index in [0.29, 0.717) is 28.2 Å². The van der Waals surface area contributed by atoms with Crippen LogP contribution in [0.1, 0.15) is 11.1 Å². The minimum atomic E-state index is -0.296. The van der Waals surface area contributed by atoms with Gasteiger partial charge in [-0.05, 0) is 41.8 Å². The number of carbonyl (C=O) groups excluding carboxylic acids is 1. The first-order valence-corrected chi connectivity index (χ1v) is 10.9. The van der Waals surface area contributed by atoms with E-state index >= 15 is 0 Å². The molecule has 0 aromatic heterocycles. The van der Waals surface area contributed by atoms with Crippen LogP contribution in [0.5, 0.6) is 0 Å². The monoisotopic (exact) mass is 460 g/mol. The zero-order chi connectivity index (χ0) is 21.7. The van der Waals surface area contributed by atoms with Crippen LogP contribution >= 0.6 is 35.0 Å². The van der Waals surface area contributed by atoms with Crippen molar-refractivity contribution in [2.45, 2.75) is 11.7 Å². The average molecular weight is 461 g/mol. The topological polar surface area (TPSA) is 48.3 Å². The van der Waals surface area contributed by atoms with Crippen molar-refractivity contribution in [2.24, 2.45) is 10.2 Å². The molecule has 2 aromatic carbocycles. The summed E-state index contributed by atoms with van der Waals surface area (Å²) >= 11 is 13.5. The smallest absolute Gasteiger partial charge is 0.242 e. The van der Waals surface area contributed by atoms with Crippen LogP contribution in [0, 0.1) is 0 Å². The van der Waals surface area contributed by atoms with Gasteiger partial charge in [0.15, 0.2) is 5.17 Å². The molecule has 1 amide bonds. The highest BCUT2D eigenvalue weighted by Gasteiger charge is 2.37. The van der Waals surface area contributed by atoms with Gasteiger partial charge in [-0.3, -0.25) is 9.69 Å². The Bertz CT molecular complexity index is 989. The van der Waals surface area contributed by atoms with Crippen LogP contribution < -0.4 is 4.90 Å². The molecule has 1 aliphatic rings. The van der Waals surface area contributed by atoms with Crippen molar-refractivity contribution in [3.63, 3.8) is 0 Å². The van der Waals surface area contributed by atoms with Gasteiger partial charge in [-0.1, -0.05) is 59.2 Å². The number of benzene rings is 2. The van der Waals surface area contributed by atoms with Crippen molar-refractivity contribution in [2.75, 3.05) is 25.5 Å². The van der Waals surface area contributed by atoms with Crippen molar-refractivity contribution >= 4 is 57.9 Å². The summed E-state index contributed by atoms with van der Waals surface area (Å²) in [6.07, 6.45) is 3.89. The lowest BCUT2D eigenvalue weighted by Crippen LogP contribution is -2.32. The van der Waals surface area contributed by atoms with Crippen LogP contribution in [0.25, 0.3) is 0 Å². The normalized spacial score (nSPS) is 17.9. The highest BCUT2D eigenvalue weighted by atomic mass is 35.5. The van der Waals surface area contributed by atoms with Crippen molar-refractivity contribution < 1.29 is 4.79 Å². The number of carbonyl (C=O) groups is 1. The van der Waals surface area contributed by atoms with E-state index in [2.05, 4.69) is 16.8 Å². The second-order valence-electron chi connectivity index (χ2n) is 6.91. The van der Waals surface area contributed by atoms with Crippen molar-refractivity contribution in [3.05, 3.63) is 76.3 Å². The fraction of sp³-hybridized carbons (Fsp3) is 0.227. The molecule has 0 saturated carbocycles. The van der Waals surface area contributed by atoms with Crippen molar-refractivity contribution in [1.29, 1.82) is 0 Å². The molecule has 1 aliphatic heterocycles. The van der Waals surface area contributed by atoms with Crippen molar-refractivity contribution in [3.8, 4) is 0 Å². The summed E-state index contributed by atoms with van der Waals surface area (Å²) in [5.41, 5.74) is 2.99. The predicted molar refractivity (Wildman–Crippen MR) is 129 cm³/mol. The Kier molecular flexibility index (Phi) is 7.58. The number of hydrogen-bond acceptors (Lipinski definition) is 5. The summed E-state index contributed by atoms with van der Waals surface area (Å²) in [6.45, 7) is 4.13. The molecule has 156 valence electrons. The highest BCUT2D eigenvalue weighted by molar-refractivity contribution is 8.15. The van der Waals surface area contributed by atoms with Gasteiger partial charge in [-0.25, -0.2) is 0 Å². The summed E-state index contributed by atoms with van der Waals surface area (Å²) < 4.78 is 0. The Labute approximate surface area is 191 Å². The van der Waals surface area contributed by atoms with E-state index in [1.54, 1.807) is 29.3 Å². The molecule has 1 fully saturated rings. The van der Waals surface area contributed by atoms with Crippen LogP contribution in [0.15, 0.2) is 65.3 Å². The molecule has 8 heteroatoms. The largest absolute Gasteiger partial charge is 0.378 e. The van der Waals surface area contributed by atoms with Gasteiger partial charge in [-0.15, -0.1) is 11.7 Å². The number of halogens is 2. The standard InChI is InChI=1S/C22H22Cl2N4OS/c1-4-11-28-21(29)20(13-16-7-10-18(23)19(24)12-16)30-22(28)26-25-14-15-5-8-17(9-6-15)27(2)3/h4-10,12,14,20H,1,11,13H2,2-3H3/b25-14+,26-22+/t20-/m0/s1. The fourth-order valence-corrected chi connectivity index (χ4v) is 4.36. The lowest BCUT2D eigenvalue weighted by atomic mass is 10.1. The molecule has 1 atom stereocenters. The zero-order valence-corrected chi connectivity index (χ0v) is 19.1. The summed E-state index contributed by atoms with van der Waals surface area (Å²) in [5, 5.41) is 9.73. The Morgan fingerprint density at radius 2 is 1.90 bits per heavy atom. The summed E-state index contributed by atoms with van der Waals surface area (Å²) in [4.78, 5) is 16.5. The number of nitrogens with zero attached hydrogens (tertiary/aromatic N) is 4. The lowest BCUT2D eigenvalue weighted by Gasteiger charge is -2.13. The summed E-state index contributed by atoms with van der Waals surface area (Å²) in [6, 6.07) is 13.4. The molecule has 3 rings (SSSR count). The number of rotatable bonds is 7. The Morgan fingerprint density at radius 3 is 2.53 bits per heavy atom. The number of hydrogen-bond donors (Lipinski definition) is 0. The Morgan fingerprint density at radius 1 is 1.17 bits per heavy atom. The SMILES string of the molecule is C=CCN1C(=O)[C@H](Cc2ccc(Cl)c(Cl)c2)S/C1=N/N=C/c1ccc(N(C)C)cc1. The first kappa shape index (κ1) is 22.4. The van der Waals surface area contributed by atoms with E-state index in [4.69, 9.17) is 23.2 Å². The van der Waals surface area contributed by atoms with Crippen LogP contribution in [0.4, 0.5) is 5.69 Å². The average Bonchev–Trinajstić information content (AvgIpc) is 3.00. The fourth-order valence-electron chi connectivity index (χ4n) is 2.90. The van der Waals surface area contributed by atoms with Gasteiger partial charge in [0.2, 0.25) is 5.91 Å². The maximum absolute atomic E-state index is 12.9. The van der Waals surface area contributed by atoms with E-state index in [0.717, 1.165) is 16.8 Å². The van der Waals surface area contributed by atoms with Crippen molar-refractivity contribution in [1.82, 2.24) is 4.90 Å². The predicted octanol–water partition coefficient (Wildman–Crippen LogP) is 5.12. The summed E-state index contributed by atoms with van der Waals surface area (Å²) in [7, 11) is 3.98. The molecule has 1 saturated heterocycles. The molecular formula is C22H22Cl2N4OS. The number of amides is 1. The van der Waals surface area contributed by atoms with Gasteiger partial charge in [0.1, 0.15) is 0 Å². The van der Waals surface area contributed by atoms with E-state index in [-0.39, 0.29) is 11.2 Å². The first-order chi connectivity index (χ1) is 14.4. The molecule has 0 radical (unpaired) electrons. The number of thioether (sulfide) groups is 1. The first-order valence-electron chi connectivity index (χ1n) is 9.30. The van der Waals surface area contributed by atoms with Crippen LogP contribution in [-0.2, 0) is 11.2 Å². The molecule has 1 heterocycles. The minimum absolute atomic E-state index is 0.0183.